The number of hydrogen-bond donors (Lipinski definition) is 1. The van der Waals surface area contributed by atoms with E-state index in [2.05, 4.69) is 23.5 Å². The Morgan fingerprint density at radius 1 is 0.833 bits per heavy atom. The summed E-state index contributed by atoms with van der Waals surface area (Å²) in [5.74, 6) is 0.461. The molecular formula is C26H22N2O2. The number of nitrogens with one attached hydrogen (secondary N) is 1. The van der Waals surface area contributed by atoms with Crippen LogP contribution in [0, 0.1) is 13.8 Å². The van der Waals surface area contributed by atoms with Crippen LogP contribution in [0.3, 0.4) is 0 Å². The summed E-state index contributed by atoms with van der Waals surface area (Å²) in [6, 6.07) is 29.1. The number of amides is 1. The lowest BCUT2D eigenvalue weighted by atomic mass is 9.97. The highest BCUT2D eigenvalue weighted by Gasteiger charge is 2.14. The first kappa shape index (κ1) is 19.4. The molecule has 0 fully saturated rings. The van der Waals surface area contributed by atoms with Crippen molar-refractivity contribution in [2.45, 2.75) is 13.8 Å². The summed E-state index contributed by atoms with van der Waals surface area (Å²) >= 11 is 0. The van der Waals surface area contributed by atoms with Crippen LogP contribution in [-0.2, 0) is 0 Å². The number of nitrogens with zero attached hydrogens (tertiary/aromatic N) is 1. The van der Waals surface area contributed by atoms with E-state index in [1.165, 1.54) is 5.56 Å². The van der Waals surface area contributed by atoms with Crippen molar-refractivity contribution in [2.24, 2.45) is 5.10 Å². The zero-order valence-electron chi connectivity index (χ0n) is 16.9. The van der Waals surface area contributed by atoms with Gasteiger partial charge in [-0.1, -0.05) is 84.4 Å². The molecule has 1 aromatic heterocycles. The summed E-state index contributed by atoms with van der Waals surface area (Å²) in [5, 5.41) is 4.47. The van der Waals surface area contributed by atoms with Crippen LogP contribution in [0.1, 0.15) is 32.8 Å². The molecule has 4 aromatic rings. The molecule has 0 radical (unpaired) electrons. The minimum absolute atomic E-state index is 0.214. The molecule has 0 aliphatic rings. The summed E-state index contributed by atoms with van der Waals surface area (Å²) in [6.45, 7) is 4.10. The van der Waals surface area contributed by atoms with Gasteiger partial charge in [0.25, 0.3) is 0 Å². The monoisotopic (exact) mass is 394 g/mol. The zero-order chi connectivity index (χ0) is 20.9. The number of hydrogen-bond acceptors (Lipinski definition) is 3. The molecule has 3 aromatic carbocycles. The lowest BCUT2D eigenvalue weighted by Crippen LogP contribution is -2.20. The van der Waals surface area contributed by atoms with Gasteiger partial charge in [0.2, 0.25) is 0 Å². The smallest absolute Gasteiger partial charge is 0.307 e. The molecule has 0 saturated heterocycles. The van der Waals surface area contributed by atoms with Crippen LogP contribution in [0.5, 0.6) is 0 Å². The lowest BCUT2D eigenvalue weighted by Gasteiger charge is -2.11. The van der Waals surface area contributed by atoms with E-state index in [1.807, 2.05) is 79.7 Å². The lowest BCUT2D eigenvalue weighted by molar-refractivity contribution is 0.0928. The van der Waals surface area contributed by atoms with Crippen molar-refractivity contribution in [3.8, 4) is 11.3 Å². The van der Waals surface area contributed by atoms with Gasteiger partial charge in [-0.05, 0) is 31.5 Å². The van der Waals surface area contributed by atoms with Gasteiger partial charge >= 0.3 is 5.91 Å². The number of carbonyl (C=O) groups excluding carboxylic acids is 1. The Bertz CT molecular complexity index is 1190. The summed E-state index contributed by atoms with van der Waals surface area (Å²) < 4.78 is 5.73. The van der Waals surface area contributed by atoms with Gasteiger partial charge in [0.1, 0.15) is 5.76 Å². The highest BCUT2D eigenvalue weighted by molar-refractivity contribution is 6.14. The second-order valence-corrected chi connectivity index (χ2v) is 7.12. The molecule has 4 rings (SSSR count). The van der Waals surface area contributed by atoms with E-state index in [1.54, 1.807) is 12.1 Å². The third-order valence-electron chi connectivity index (χ3n) is 4.84. The quantitative estimate of drug-likeness (QED) is 0.346. The fourth-order valence-electron chi connectivity index (χ4n) is 3.33. The van der Waals surface area contributed by atoms with E-state index in [9.17, 15) is 4.79 Å². The highest BCUT2D eigenvalue weighted by Crippen LogP contribution is 2.22. The molecule has 148 valence electrons. The third kappa shape index (κ3) is 4.23. The third-order valence-corrected chi connectivity index (χ3v) is 4.84. The van der Waals surface area contributed by atoms with Gasteiger partial charge in [-0.15, -0.1) is 0 Å². The van der Waals surface area contributed by atoms with Crippen molar-refractivity contribution >= 4 is 11.6 Å². The SMILES string of the molecule is Cc1ccc(/C(=N/NC(=O)c2ccc(-c3ccccc3)o2)c2ccccc2)c(C)c1. The fraction of sp³-hybridized carbons (Fsp3) is 0.0769. The molecule has 4 heteroatoms. The van der Waals surface area contributed by atoms with E-state index < -0.39 is 5.91 Å². The van der Waals surface area contributed by atoms with E-state index in [-0.39, 0.29) is 5.76 Å². The Balaban J connectivity index is 1.63. The molecule has 0 aliphatic carbocycles. The number of aryl methyl sites for hydroxylation is 2. The molecule has 1 amide bonds. The maximum absolute atomic E-state index is 12.7. The Labute approximate surface area is 175 Å². The van der Waals surface area contributed by atoms with Crippen LogP contribution in [0.4, 0.5) is 0 Å². The molecule has 0 aliphatic heterocycles. The van der Waals surface area contributed by atoms with Gasteiger partial charge in [-0.2, -0.15) is 5.10 Å². The Morgan fingerprint density at radius 3 is 2.23 bits per heavy atom. The van der Waals surface area contributed by atoms with E-state index >= 15 is 0 Å². The minimum Gasteiger partial charge on any atom is -0.451 e. The molecule has 0 spiro atoms. The predicted molar refractivity (Wildman–Crippen MR) is 120 cm³/mol. The maximum atomic E-state index is 12.7. The fourth-order valence-corrected chi connectivity index (χ4v) is 3.33. The molecule has 0 atom stereocenters. The first-order chi connectivity index (χ1) is 14.6. The number of rotatable bonds is 5. The Morgan fingerprint density at radius 2 is 1.53 bits per heavy atom. The van der Waals surface area contributed by atoms with Crippen molar-refractivity contribution in [3.05, 3.63) is 119 Å². The molecule has 1 heterocycles. The second kappa shape index (κ2) is 8.62. The molecular weight excluding hydrogens is 372 g/mol. The Hall–Kier alpha value is -3.92. The molecule has 0 saturated carbocycles. The molecule has 1 N–H and O–H groups in total. The largest absolute Gasteiger partial charge is 0.451 e. The number of benzene rings is 3. The van der Waals surface area contributed by atoms with Crippen LogP contribution in [-0.4, -0.2) is 11.6 Å². The van der Waals surface area contributed by atoms with Crippen LogP contribution in [0.2, 0.25) is 0 Å². The van der Waals surface area contributed by atoms with E-state index in [4.69, 9.17) is 4.42 Å². The highest BCUT2D eigenvalue weighted by atomic mass is 16.4. The first-order valence-corrected chi connectivity index (χ1v) is 9.78. The molecule has 0 bridgehead atoms. The van der Waals surface area contributed by atoms with Crippen LogP contribution in [0.25, 0.3) is 11.3 Å². The molecule has 0 unspecified atom stereocenters. The van der Waals surface area contributed by atoms with Crippen molar-refractivity contribution in [1.29, 1.82) is 0 Å². The van der Waals surface area contributed by atoms with Gasteiger partial charge in [0, 0.05) is 16.7 Å². The summed E-state index contributed by atoms with van der Waals surface area (Å²) in [4.78, 5) is 12.7. The minimum atomic E-state index is -0.393. The van der Waals surface area contributed by atoms with Crippen molar-refractivity contribution in [1.82, 2.24) is 5.43 Å². The van der Waals surface area contributed by atoms with Gasteiger partial charge < -0.3 is 4.42 Å². The van der Waals surface area contributed by atoms with Crippen molar-refractivity contribution in [2.75, 3.05) is 0 Å². The van der Waals surface area contributed by atoms with Crippen molar-refractivity contribution in [3.63, 3.8) is 0 Å². The topological polar surface area (TPSA) is 54.6 Å². The van der Waals surface area contributed by atoms with Gasteiger partial charge in [-0.25, -0.2) is 5.43 Å². The summed E-state index contributed by atoms with van der Waals surface area (Å²) in [5.41, 5.74) is 8.45. The Kier molecular flexibility index (Phi) is 5.57. The predicted octanol–water partition coefficient (Wildman–Crippen LogP) is 5.75. The summed E-state index contributed by atoms with van der Waals surface area (Å²) in [7, 11) is 0. The van der Waals surface area contributed by atoms with Crippen molar-refractivity contribution < 1.29 is 9.21 Å². The van der Waals surface area contributed by atoms with Crippen LogP contribution < -0.4 is 5.43 Å². The molecule has 4 nitrogen and oxygen atoms in total. The first-order valence-electron chi connectivity index (χ1n) is 9.78. The van der Waals surface area contributed by atoms with E-state index in [0.29, 0.717) is 11.5 Å². The van der Waals surface area contributed by atoms with E-state index in [0.717, 1.165) is 22.3 Å². The van der Waals surface area contributed by atoms with Gasteiger partial charge in [0.15, 0.2) is 5.76 Å². The second-order valence-electron chi connectivity index (χ2n) is 7.12. The van der Waals surface area contributed by atoms with Gasteiger partial charge in [0.05, 0.1) is 5.71 Å². The van der Waals surface area contributed by atoms with Crippen LogP contribution >= 0.6 is 0 Å². The average molecular weight is 394 g/mol. The number of furan rings is 1. The summed E-state index contributed by atoms with van der Waals surface area (Å²) in [6.07, 6.45) is 0. The average Bonchev–Trinajstić information content (AvgIpc) is 3.27. The normalized spacial score (nSPS) is 11.3. The molecule has 30 heavy (non-hydrogen) atoms. The standard InChI is InChI=1S/C26H22N2O2/c1-18-13-14-22(19(2)17-18)25(21-11-7-4-8-12-21)27-28-26(29)24-16-15-23(30-24)20-9-5-3-6-10-20/h3-17H,1-2H3,(H,28,29)/b27-25+. The zero-order valence-corrected chi connectivity index (χ0v) is 16.9. The number of hydrazone groups is 1. The maximum Gasteiger partial charge on any atom is 0.307 e. The number of carbonyl (C=O) groups is 1. The van der Waals surface area contributed by atoms with Crippen LogP contribution in [0.15, 0.2) is 101 Å². The van der Waals surface area contributed by atoms with Gasteiger partial charge in [-0.3, -0.25) is 4.79 Å².